The number of nitrogens with one attached hydrogen (secondary N) is 1. The first kappa shape index (κ1) is 13.8. The molecule has 0 unspecified atom stereocenters. The van der Waals surface area contributed by atoms with Crippen molar-refractivity contribution in [3.8, 4) is 0 Å². The molecule has 24 heavy (non-hydrogen) atoms. The highest BCUT2D eigenvalue weighted by Gasteiger charge is 2.43. The molecule has 1 aromatic carbocycles. The molecule has 3 aromatic rings. The van der Waals surface area contributed by atoms with Crippen molar-refractivity contribution in [1.29, 1.82) is 0 Å². The van der Waals surface area contributed by atoms with Gasteiger partial charge < -0.3 is 5.32 Å². The van der Waals surface area contributed by atoms with Crippen LogP contribution in [0, 0.1) is 6.92 Å². The average molecular weight is 321 g/mol. The molecule has 1 fully saturated rings. The maximum absolute atomic E-state index is 12.8. The zero-order valence-electron chi connectivity index (χ0n) is 13.8. The molecule has 1 aliphatic heterocycles. The van der Waals surface area contributed by atoms with Gasteiger partial charge in [0.2, 0.25) is 5.95 Å². The quantitative estimate of drug-likeness (QED) is 0.787. The van der Waals surface area contributed by atoms with Crippen molar-refractivity contribution in [1.82, 2.24) is 19.2 Å². The molecular weight excluding hydrogens is 302 g/mol. The number of benzene rings is 1. The van der Waals surface area contributed by atoms with E-state index in [1.807, 2.05) is 0 Å². The van der Waals surface area contributed by atoms with Gasteiger partial charge in [0.25, 0.3) is 5.56 Å². The van der Waals surface area contributed by atoms with Crippen LogP contribution in [0.25, 0.3) is 5.52 Å². The molecule has 1 aliphatic carbocycles. The van der Waals surface area contributed by atoms with Gasteiger partial charge in [-0.05, 0) is 25.3 Å². The van der Waals surface area contributed by atoms with Crippen molar-refractivity contribution in [2.75, 3.05) is 5.32 Å². The average Bonchev–Trinajstić information content (AvgIpc) is 3.00. The van der Waals surface area contributed by atoms with E-state index < -0.39 is 0 Å². The summed E-state index contributed by atoms with van der Waals surface area (Å²) in [6.07, 6.45) is 3.87. The summed E-state index contributed by atoms with van der Waals surface area (Å²) in [4.78, 5) is 17.3. The number of fused-ring (bicyclic) bond motifs is 2. The highest BCUT2D eigenvalue weighted by Crippen LogP contribution is 2.46. The Bertz CT molecular complexity index is 1010. The van der Waals surface area contributed by atoms with Crippen LogP contribution < -0.4 is 10.9 Å². The zero-order chi connectivity index (χ0) is 16.5. The number of hydrogen-bond acceptors (Lipinski definition) is 4. The molecule has 0 spiro atoms. The van der Waals surface area contributed by atoms with E-state index in [-0.39, 0.29) is 17.0 Å². The van der Waals surface area contributed by atoms with Crippen LogP contribution in [0.2, 0.25) is 0 Å². The third-order valence-corrected chi connectivity index (χ3v) is 5.34. The van der Waals surface area contributed by atoms with Crippen LogP contribution in [0.4, 0.5) is 5.95 Å². The van der Waals surface area contributed by atoms with E-state index in [9.17, 15) is 4.79 Å². The fourth-order valence-electron chi connectivity index (χ4n) is 3.45. The highest BCUT2D eigenvalue weighted by atomic mass is 16.1. The predicted molar refractivity (Wildman–Crippen MR) is 91.4 cm³/mol. The lowest BCUT2D eigenvalue weighted by Crippen LogP contribution is -2.23. The molecule has 0 saturated heterocycles. The summed E-state index contributed by atoms with van der Waals surface area (Å²) in [6.45, 7) is 4.85. The van der Waals surface area contributed by atoms with Crippen LogP contribution >= 0.6 is 0 Å². The van der Waals surface area contributed by atoms with Gasteiger partial charge in [-0.1, -0.05) is 36.8 Å². The van der Waals surface area contributed by atoms with E-state index >= 15 is 0 Å². The lowest BCUT2D eigenvalue weighted by Gasteiger charge is -2.10. The molecule has 1 atom stereocenters. The van der Waals surface area contributed by atoms with Gasteiger partial charge in [-0.2, -0.15) is 0 Å². The fraction of sp³-hybridized carbons (Fsp3) is 0.389. The maximum Gasteiger partial charge on any atom is 0.281 e. The number of imidazole rings is 1. The van der Waals surface area contributed by atoms with Gasteiger partial charge in [-0.3, -0.25) is 9.36 Å². The predicted octanol–water partition coefficient (Wildman–Crippen LogP) is 2.42. The number of nitrogens with zero attached hydrogens (tertiary/aromatic N) is 4. The maximum atomic E-state index is 12.8. The summed E-state index contributed by atoms with van der Waals surface area (Å²) in [6, 6.07) is 8.48. The summed E-state index contributed by atoms with van der Waals surface area (Å²) in [5, 5.41) is 8.08. The lowest BCUT2D eigenvalue weighted by molar-refractivity contribution is 0.640. The topological polar surface area (TPSA) is 64.2 Å². The van der Waals surface area contributed by atoms with E-state index in [1.54, 1.807) is 15.3 Å². The molecule has 0 amide bonds. The number of rotatable bonds is 2. The molecule has 1 N–H and O–H groups in total. The van der Waals surface area contributed by atoms with Crippen LogP contribution in [0.3, 0.4) is 0 Å². The number of aryl methyl sites for hydroxylation is 1. The minimum absolute atomic E-state index is 0.0230. The molecule has 5 rings (SSSR count). The van der Waals surface area contributed by atoms with Crippen LogP contribution in [0.5, 0.6) is 0 Å². The third kappa shape index (κ3) is 1.85. The van der Waals surface area contributed by atoms with Crippen molar-refractivity contribution in [2.24, 2.45) is 0 Å². The smallest absolute Gasteiger partial charge is 0.281 e. The second kappa shape index (κ2) is 4.47. The Kier molecular flexibility index (Phi) is 2.56. The molecule has 6 nitrogen and oxygen atoms in total. The van der Waals surface area contributed by atoms with Gasteiger partial charge >= 0.3 is 0 Å². The molecule has 2 aromatic heterocycles. The molecular formula is C18H19N5O. The van der Waals surface area contributed by atoms with E-state index in [4.69, 9.17) is 0 Å². The van der Waals surface area contributed by atoms with E-state index in [0.29, 0.717) is 18.0 Å². The first-order chi connectivity index (χ1) is 11.5. The van der Waals surface area contributed by atoms with Gasteiger partial charge in [0.15, 0.2) is 5.52 Å². The second-order valence-electron chi connectivity index (χ2n) is 7.29. The Morgan fingerprint density at radius 2 is 2.00 bits per heavy atom. The summed E-state index contributed by atoms with van der Waals surface area (Å²) < 4.78 is 3.46. The first-order valence-electron chi connectivity index (χ1n) is 8.37. The standard InChI is InChI=1S/C18H19N5O/c1-11-3-5-12(6-4-11)13-10-22-15(24)14-9-19-16(18(2)7-8-18)23(14)21-17(22)20-13/h3-6,9,13H,7-8,10H2,1-2H3,(H,20,21)/t13-/m1/s1. The van der Waals surface area contributed by atoms with Crippen molar-refractivity contribution in [3.63, 3.8) is 0 Å². The fourth-order valence-corrected chi connectivity index (χ4v) is 3.45. The molecule has 2 aliphatic rings. The van der Waals surface area contributed by atoms with Crippen molar-refractivity contribution < 1.29 is 0 Å². The minimum Gasteiger partial charge on any atom is -0.346 e. The van der Waals surface area contributed by atoms with E-state index in [1.165, 1.54) is 11.1 Å². The normalized spacial score (nSPS) is 20.8. The molecule has 6 heteroatoms. The molecule has 0 radical (unpaired) electrons. The monoisotopic (exact) mass is 321 g/mol. The summed E-state index contributed by atoms with van der Waals surface area (Å²) in [5.41, 5.74) is 3.01. The Hall–Kier alpha value is -2.63. The third-order valence-electron chi connectivity index (χ3n) is 5.34. The Morgan fingerprint density at radius 1 is 1.25 bits per heavy atom. The molecule has 1 saturated carbocycles. The molecule has 0 bridgehead atoms. The van der Waals surface area contributed by atoms with Crippen LogP contribution in [0.15, 0.2) is 35.3 Å². The first-order valence-corrected chi connectivity index (χ1v) is 8.37. The highest BCUT2D eigenvalue weighted by molar-refractivity contribution is 5.49. The lowest BCUT2D eigenvalue weighted by atomic mass is 10.1. The van der Waals surface area contributed by atoms with Crippen LogP contribution in [0.1, 0.15) is 42.8 Å². The Balaban J connectivity index is 1.60. The zero-order valence-corrected chi connectivity index (χ0v) is 13.8. The SMILES string of the molecule is Cc1ccc([C@H]2Cn3c(nn4c(C5(C)CC5)ncc4c3=O)N2)cc1. The summed E-state index contributed by atoms with van der Waals surface area (Å²) >= 11 is 0. The van der Waals surface area contributed by atoms with Crippen molar-refractivity contribution >= 4 is 11.5 Å². The molecule has 3 heterocycles. The minimum atomic E-state index is -0.0230. The summed E-state index contributed by atoms with van der Waals surface area (Å²) in [7, 11) is 0. The van der Waals surface area contributed by atoms with Crippen molar-refractivity contribution in [2.45, 2.75) is 44.7 Å². The van der Waals surface area contributed by atoms with Gasteiger partial charge in [-0.15, -0.1) is 5.10 Å². The van der Waals surface area contributed by atoms with Gasteiger partial charge in [0.05, 0.1) is 18.8 Å². The number of anilines is 1. The van der Waals surface area contributed by atoms with Crippen LogP contribution in [-0.4, -0.2) is 19.2 Å². The van der Waals surface area contributed by atoms with Crippen LogP contribution in [-0.2, 0) is 12.0 Å². The van der Waals surface area contributed by atoms with Gasteiger partial charge in [0.1, 0.15) is 5.82 Å². The largest absolute Gasteiger partial charge is 0.346 e. The van der Waals surface area contributed by atoms with E-state index in [2.05, 4.69) is 53.5 Å². The van der Waals surface area contributed by atoms with Crippen molar-refractivity contribution in [3.05, 3.63) is 57.8 Å². The summed E-state index contributed by atoms with van der Waals surface area (Å²) in [5.74, 6) is 1.53. The number of aromatic nitrogens is 4. The Labute approximate surface area is 139 Å². The number of hydrogen-bond donors (Lipinski definition) is 1. The Morgan fingerprint density at radius 3 is 2.71 bits per heavy atom. The van der Waals surface area contributed by atoms with Gasteiger partial charge in [-0.25, -0.2) is 9.50 Å². The second-order valence-corrected chi connectivity index (χ2v) is 7.29. The molecule has 122 valence electrons. The van der Waals surface area contributed by atoms with Gasteiger partial charge in [0, 0.05) is 5.41 Å². The van der Waals surface area contributed by atoms with E-state index in [0.717, 1.165) is 18.7 Å².